The summed E-state index contributed by atoms with van der Waals surface area (Å²) in [5.74, 6) is -0.578. The van der Waals surface area contributed by atoms with Crippen LogP contribution in [0.3, 0.4) is 0 Å². The highest BCUT2D eigenvalue weighted by molar-refractivity contribution is 14.1. The number of halogens is 1. The minimum Gasteiger partial charge on any atom is -0.477 e. The second-order valence-electron chi connectivity index (χ2n) is 5.88. The molecule has 0 aliphatic carbocycles. The minimum atomic E-state index is -1.17. The highest BCUT2D eigenvalue weighted by atomic mass is 127. The van der Waals surface area contributed by atoms with Crippen molar-refractivity contribution in [2.45, 2.75) is 25.8 Å². The molecule has 0 bridgehead atoms. The van der Waals surface area contributed by atoms with Crippen LogP contribution in [0.2, 0.25) is 0 Å². The number of benzene rings is 1. The lowest BCUT2D eigenvalue weighted by Crippen LogP contribution is -2.21. The van der Waals surface area contributed by atoms with Crippen LogP contribution in [-0.2, 0) is 11.3 Å². The summed E-state index contributed by atoms with van der Waals surface area (Å²) in [5, 5.41) is 9.78. The summed E-state index contributed by atoms with van der Waals surface area (Å²) < 4.78 is 8.21. The molecule has 2 aromatic rings. The first-order chi connectivity index (χ1) is 11.1. The van der Waals surface area contributed by atoms with Crippen LogP contribution in [0.4, 0.5) is 0 Å². The summed E-state index contributed by atoms with van der Waals surface area (Å²) >= 11 is 2.13. The largest absolute Gasteiger partial charge is 0.477 e. The molecule has 3 rings (SSSR count). The van der Waals surface area contributed by atoms with Crippen LogP contribution in [0, 0.1) is 9.49 Å². The zero-order valence-corrected chi connectivity index (χ0v) is 14.8. The maximum absolute atomic E-state index is 12.4. The van der Waals surface area contributed by atoms with Crippen LogP contribution in [0.1, 0.15) is 29.6 Å². The Balaban J connectivity index is 1.99. The van der Waals surface area contributed by atoms with Gasteiger partial charge in [0.1, 0.15) is 5.56 Å². The Bertz CT molecular complexity index is 793. The van der Waals surface area contributed by atoms with E-state index in [4.69, 9.17) is 4.74 Å². The summed E-state index contributed by atoms with van der Waals surface area (Å²) in [4.78, 5) is 23.7. The van der Waals surface area contributed by atoms with Gasteiger partial charge in [0.2, 0.25) is 5.43 Å². The number of carboxylic acid groups (broad SMARTS) is 1. The molecule has 1 aliphatic heterocycles. The molecule has 1 N–H and O–H groups in total. The van der Waals surface area contributed by atoms with E-state index in [0.717, 1.165) is 41.6 Å². The zero-order chi connectivity index (χ0) is 16.4. The summed E-state index contributed by atoms with van der Waals surface area (Å²) in [5.41, 5.74) is 0.229. The van der Waals surface area contributed by atoms with Gasteiger partial charge in [-0.25, -0.2) is 4.79 Å². The van der Waals surface area contributed by atoms with Gasteiger partial charge in [-0.15, -0.1) is 0 Å². The number of carbonyl (C=O) groups is 1. The molecule has 0 atom stereocenters. The first kappa shape index (κ1) is 16.4. The summed E-state index contributed by atoms with van der Waals surface area (Å²) in [7, 11) is 0. The van der Waals surface area contributed by atoms with Crippen molar-refractivity contribution < 1.29 is 14.6 Å². The van der Waals surface area contributed by atoms with E-state index < -0.39 is 11.4 Å². The van der Waals surface area contributed by atoms with Gasteiger partial charge in [-0.1, -0.05) is 0 Å². The Morgan fingerprint density at radius 1 is 1.35 bits per heavy atom. The molecule has 1 aliphatic rings. The summed E-state index contributed by atoms with van der Waals surface area (Å²) in [6.45, 7) is 2.31. The van der Waals surface area contributed by atoms with E-state index in [1.807, 2.05) is 16.7 Å². The molecule has 122 valence electrons. The molecule has 23 heavy (non-hydrogen) atoms. The SMILES string of the molecule is O=C(O)c1cn(CCC2CCOCC2)c2ccc(I)cc2c1=O. The minimum absolute atomic E-state index is 0.161. The molecule has 6 heteroatoms. The van der Waals surface area contributed by atoms with Crippen LogP contribution in [0.25, 0.3) is 10.9 Å². The molecular weight excluding hydrogens is 409 g/mol. The lowest BCUT2D eigenvalue weighted by molar-refractivity contribution is 0.0627. The lowest BCUT2D eigenvalue weighted by Gasteiger charge is -2.23. The van der Waals surface area contributed by atoms with Gasteiger partial charge in [0.05, 0.1) is 5.52 Å². The third-order valence-corrected chi connectivity index (χ3v) is 5.06. The van der Waals surface area contributed by atoms with Crippen molar-refractivity contribution in [1.82, 2.24) is 4.57 Å². The second-order valence-corrected chi connectivity index (χ2v) is 7.12. The van der Waals surface area contributed by atoms with Crippen molar-refractivity contribution in [3.63, 3.8) is 0 Å². The Labute approximate surface area is 147 Å². The summed E-state index contributed by atoms with van der Waals surface area (Å²) in [6.07, 6.45) is 4.54. The Kier molecular flexibility index (Phi) is 5.01. The molecule has 0 amide bonds. The van der Waals surface area contributed by atoms with Crippen molar-refractivity contribution in [2.75, 3.05) is 13.2 Å². The van der Waals surface area contributed by atoms with Crippen LogP contribution in [0.5, 0.6) is 0 Å². The molecule has 0 spiro atoms. The Morgan fingerprint density at radius 2 is 2.09 bits per heavy atom. The average Bonchev–Trinajstić information content (AvgIpc) is 2.55. The highest BCUT2D eigenvalue weighted by Crippen LogP contribution is 2.21. The molecule has 1 fully saturated rings. The third-order valence-electron chi connectivity index (χ3n) is 4.39. The number of rotatable bonds is 4. The van der Waals surface area contributed by atoms with Gasteiger partial charge in [0.15, 0.2) is 0 Å². The van der Waals surface area contributed by atoms with E-state index in [9.17, 15) is 14.7 Å². The molecule has 0 saturated carbocycles. The van der Waals surface area contributed by atoms with Crippen molar-refractivity contribution >= 4 is 39.5 Å². The molecule has 0 unspecified atom stereocenters. The van der Waals surface area contributed by atoms with Crippen LogP contribution < -0.4 is 5.43 Å². The molecule has 5 nitrogen and oxygen atoms in total. The van der Waals surface area contributed by atoms with Gasteiger partial charge in [-0.2, -0.15) is 0 Å². The first-order valence-corrected chi connectivity index (χ1v) is 8.78. The number of aryl methyl sites for hydroxylation is 1. The second kappa shape index (κ2) is 7.00. The maximum atomic E-state index is 12.4. The predicted molar refractivity (Wildman–Crippen MR) is 96.0 cm³/mol. The van der Waals surface area contributed by atoms with Gasteiger partial charge in [-0.05, 0) is 66.0 Å². The fraction of sp³-hybridized carbons (Fsp3) is 0.412. The number of fused-ring (bicyclic) bond motifs is 1. The average molecular weight is 427 g/mol. The van der Waals surface area contributed by atoms with Gasteiger partial charge >= 0.3 is 5.97 Å². The third kappa shape index (κ3) is 3.58. The van der Waals surface area contributed by atoms with Gasteiger partial charge < -0.3 is 14.4 Å². The number of pyridine rings is 1. The fourth-order valence-corrected chi connectivity index (χ4v) is 3.55. The number of aromatic carboxylic acids is 1. The molecule has 1 aromatic heterocycles. The number of ether oxygens (including phenoxy) is 1. The number of hydrogen-bond acceptors (Lipinski definition) is 3. The molecule has 1 saturated heterocycles. The Morgan fingerprint density at radius 3 is 2.78 bits per heavy atom. The standard InChI is InChI=1S/C17H18INO4/c18-12-1-2-15-13(9-12)16(20)14(17(21)22)10-19(15)6-3-11-4-7-23-8-5-11/h1-2,9-11H,3-8H2,(H,21,22). The van der Waals surface area contributed by atoms with E-state index in [0.29, 0.717) is 17.8 Å². The molecule has 0 radical (unpaired) electrons. The fourth-order valence-electron chi connectivity index (χ4n) is 3.06. The number of nitrogens with zero attached hydrogens (tertiary/aromatic N) is 1. The van der Waals surface area contributed by atoms with Crippen LogP contribution in [0.15, 0.2) is 29.2 Å². The number of hydrogen-bond donors (Lipinski definition) is 1. The van der Waals surface area contributed by atoms with Crippen LogP contribution in [-0.4, -0.2) is 28.9 Å². The van der Waals surface area contributed by atoms with Crippen molar-refractivity contribution in [3.8, 4) is 0 Å². The van der Waals surface area contributed by atoms with Gasteiger partial charge in [0.25, 0.3) is 0 Å². The lowest BCUT2D eigenvalue weighted by atomic mass is 9.96. The summed E-state index contributed by atoms with van der Waals surface area (Å²) in [6, 6.07) is 5.59. The molecule has 1 aromatic carbocycles. The van der Waals surface area contributed by atoms with Gasteiger partial charge in [-0.3, -0.25) is 4.79 Å². The van der Waals surface area contributed by atoms with Gasteiger partial charge in [0, 0.05) is 34.9 Å². The van der Waals surface area contributed by atoms with Crippen molar-refractivity contribution in [2.24, 2.45) is 5.92 Å². The smallest absolute Gasteiger partial charge is 0.341 e. The van der Waals surface area contributed by atoms with Crippen LogP contribution >= 0.6 is 22.6 Å². The molecule has 2 heterocycles. The van der Waals surface area contributed by atoms with E-state index in [1.165, 1.54) is 6.20 Å². The van der Waals surface area contributed by atoms with Crippen molar-refractivity contribution in [3.05, 3.63) is 43.8 Å². The number of carboxylic acids is 1. The monoisotopic (exact) mass is 427 g/mol. The quantitative estimate of drug-likeness (QED) is 0.762. The highest BCUT2D eigenvalue weighted by Gasteiger charge is 2.17. The topological polar surface area (TPSA) is 68.5 Å². The van der Waals surface area contributed by atoms with E-state index in [1.54, 1.807) is 6.07 Å². The normalized spacial score (nSPS) is 15.9. The van der Waals surface area contributed by atoms with E-state index >= 15 is 0 Å². The van der Waals surface area contributed by atoms with E-state index in [-0.39, 0.29) is 5.56 Å². The first-order valence-electron chi connectivity index (χ1n) is 7.70. The predicted octanol–water partition coefficient (Wildman–Crippen LogP) is 3.12. The van der Waals surface area contributed by atoms with E-state index in [2.05, 4.69) is 22.6 Å². The number of aromatic nitrogens is 1. The molecular formula is C17H18INO4. The zero-order valence-electron chi connectivity index (χ0n) is 12.6. The van der Waals surface area contributed by atoms with Crippen molar-refractivity contribution in [1.29, 1.82) is 0 Å². The Hall–Kier alpha value is -1.41. The maximum Gasteiger partial charge on any atom is 0.341 e.